The summed E-state index contributed by atoms with van der Waals surface area (Å²) in [6.45, 7) is 1.72. The van der Waals surface area contributed by atoms with E-state index in [0.29, 0.717) is 36.9 Å². The van der Waals surface area contributed by atoms with Gasteiger partial charge >= 0.3 is 0 Å². The molecule has 3 aromatic heterocycles. The number of pyridine rings is 1. The summed E-state index contributed by atoms with van der Waals surface area (Å²) < 4.78 is 59.3. The lowest BCUT2D eigenvalue weighted by Gasteiger charge is -2.33. The first-order chi connectivity index (χ1) is 17.0. The van der Waals surface area contributed by atoms with E-state index in [2.05, 4.69) is 19.7 Å². The average Bonchev–Trinajstić information content (AvgIpc) is 3.25. The molecular formula is C24H24F2N6O3S. The average molecular weight is 515 g/mol. The van der Waals surface area contributed by atoms with E-state index in [-0.39, 0.29) is 22.7 Å². The van der Waals surface area contributed by atoms with Gasteiger partial charge in [0.25, 0.3) is 0 Å². The van der Waals surface area contributed by atoms with Crippen LogP contribution in [0.4, 0.5) is 14.6 Å². The minimum absolute atomic E-state index is 0.0415. The Labute approximate surface area is 206 Å². The largest absolute Gasteiger partial charge is 0.390 e. The van der Waals surface area contributed by atoms with E-state index in [9.17, 15) is 22.3 Å². The second kappa shape index (κ2) is 8.87. The van der Waals surface area contributed by atoms with Crippen molar-refractivity contribution in [2.75, 3.05) is 5.73 Å². The summed E-state index contributed by atoms with van der Waals surface area (Å²) in [5.41, 5.74) is 6.70. The quantitative estimate of drug-likeness (QED) is 0.372. The van der Waals surface area contributed by atoms with Gasteiger partial charge in [-0.2, -0.15) is 0 Å². The van der Waals surface area contributed by atoms with Gasteiger partial charge in [-0.1, -0.05) is 0 Å². The molecule has 9 nitrogen and oxygen atoms in total. The molecule has 0 unspecified atom stereocenters. The van der Waals surface area contributed by atoms with Gasteiger partial charge in [-0.05, 0) is 56.9 Å². The first kappa shape index (κ1) is 24.2. The molecule has 4 aromatic rings. The fourth-order valence-electron chi connectivity index (χ4n) is 4.45. The predicted octanol–water partition coefficient (Wildman–Crippen LogP) is 3.29. The lowest BCUT2D eigenvalue weighted by Crippen LogP contribution is -2.42. The number of aliphatic hydroxyl groups is 1. The van der Waals surface area contributed by atoms with Crippen molar-refractivity contribution in [1.82, 2.24) is 24.1 Å². The lowest BCUT2D eigenvalue weighted by molar-refractivity contribution is 0.0163. The summed E-state index contributed by atoms with van der Waals surface area (Å²) in [6, 6.07) is 4.78. The molecule has 1 aromatic carbocycles. The van der Waals surface area contributed by atoms with Gasteiger partial charge in [-0.15, -0.1) is 0 Å². The first-order valence-corrected chi connectivity index (χ1v) is 12.8. The number of hydrogen-bond donors (Lipinski definition) is 3. The van der Waals surface area contributed by atoms with E-state index >= 15 is 0 Å². The Morgan fingerprint density at radius 1 is 1.17 bits per heavy atom. The number of nitrogens with zero attached hydrogens (tertiary/aromatic N) is 4. The van der Waals surface area contributed by atoms with Crippen molar-refractivity contribution in [1.29, 1.82) is 0 Å². The smallest absolute Gasteiger partial charge is 0.243 e. The molecule has 0 bridgehead atoms. The SMILES string of the molecule is CC1(O)CCC(NS(=O)(=O)c2cc(-c3cnc4c(N)nc(-c5ccncc5F)cn34)ccc2F)CC1. The number of rotatable bonds is 5. The van der Waals surface area contributed by atoms with Crippen LogP contribution in [0.15, 0.2) is 53.9 Å². The topological polar surface area (TPSA) is 136 Å². The molecule has 12 heteroatoms. The van der Waals surface area contributed by atoms with Gasteiger partial charge in [0.1, 0.15) is 10.7 Å². The van der Waals surface area contributed by atoms with Crippen LogP contribution in [-0.2, 0) is 10.0 Å². The van der Waals surface area contributed by atoms with Crippen LogP contribution in [0, 0.1) is 11.6 Å². The van der Waals surface area contributed by atoms with Gasteiger partial charge < -0.3 is 10.8 Å². The number of benzene rings is 1. The molecule has 0 aliphatic heterocycles. The standard InChI is InChI=1S/C24H24F2N6O3S/c1-24(33)7-4-15(5-8-24)31-36(34,35)21-10-14(2-3-17(21)25)20-12-29-23-22(27)30-19(13-32(20)23)16-6-9-28-11-18(16)26/h2-3,6,9-13,15,31,33H,4-5,7-8H2,1H3,(H2,27,30). The molecule has 36 heavy (non-hydrogen) atoms. The number of nitrogens with one attached hydrogen (secondary N) is 1. The maximum Gasteiger partial charge on any atom is 0.243 e. The third-order valence-corrected chi connectivity index (χ3v) is 8.00. The number of sulfonamides is 1. The number of anilines is 1. The summed E-state index contributed by atoms with van der Waals surface area (Å²) in [4.78, 5) is 11.7. The van der Waals surface area contributed by atoms with Crippen molar-refractivity contribution < 1.29 is 22.3 Å². The van der Waals surface area contributed by atoms with Gasteiger partial charge in [0.2, 0.25) is 10.0 Å². The Hall–Kier alpha value is -3.48. The molecule has 1 saturated carbocycles. The van der Waals surface area contributed by atoms with Crippen LogP contribution in [-0.4, -0.2) is 44.5 Å². The zero-order valence-electron chi connectivity index (χ0n) is 19.3. The van der Waals surface area contributed by atoms with E-state index in [1.54, 1.807) is 11.3 Å². The van der Waals surface area contributed by atoms with E-state index in [0.717, 1.165) is 12.3 Å². The van der Waals surface area contributed by atoms with Gasteiger partial charge in [-0.25, -0.2) is 31.9 Å². The number of imidazole rings is 1. The van der Waals surface area contributed by atoms with E-state index < -0.39 is 38.2 Å². The van der Waals surface area contributed by atoms with Crippen LogP contribution in [0.2, 0.25) is 0 Å². The Kier molecular flexibility index (Phi) is 5.97. The van der Waals surface area contributed by atoms with Crippen molar-refractivity contribution >= 4 is 21.5 Å². The lowest BCUT2D eigenvalue weighted by atomic mass is 9.84. The second-order valence-electron chi connectivity index (χ2n) is 9.24. The van der Waals surface area contributed by atoms with Gasteiger partial charge in [-0.3, -0.25) is 9.38 Å². The predicted molar refractivity (Wildman–Crippen MR) is 129 cm³/mol. The van der Waals surface area contributed by atoms with Gasteiger partial charge in [0.15, 0.2) is 17.3 Å². The van der Waals surface area contributed by atoms with Crippen LogP contribution in [0.1, 0.15) is 32.6 Å². The zero-order chi connectivity index (χ0) is 25.7. The summed E-state index contributed by atoms with van der Waals surface area (Å²) >= 11 is 0. The van der Waals surface area contributed by atoms with Crippen LogP contribution >= 0.6 is 0 Å². The summed E-state index contributed by atoms with van der Waals surface area (Å²) in [6.07, 6.45) is 7.25. The molecule has 0 atom stereocenters. The van der Waals surface area contributed by atoms with Gasteiger partial charge in [0, 0.05) is 29.6 Å². The number of aromatic nitrogens is 4. The van der Waals surface area contributed by atoms with E-state index in [4.69, 9.17) is 5.73 Å². The molecule has 188 valence electrons. The molecule has 0 saturated heterocycles. The highest BCUT2D eigenvalue weighted by atomic mass is 32.2. The molecular weight excluding hydrogens is 490 g/mol. The number of nitrogens with two attached hydrogens (primary N) is 1. The van der Waals surface area contributed by atoms with E-state index in [1.807, 2.05) is 0 Å². The van der Waals surface area contributed by atoms with Crippen LogP contribution in [0.5, 0.6) is 0 Å². The highest BCUT2D eigenvalue weighted by Crippen LogP contribution is 2.31. The molecule has 1 aliphatic carbocycles. The van der Waals surface area contributed by atoms with Crippen LogP contribution < -0.4 is 10.5 Å². The Morgan fingerprint density at radius 2 is 1.92 bits per heavy atom. The molecule has 0 radical (unpaired) electrons. The minimum Gasteiger partial charge on any atom is -0.390 e. The normalized spacial score (nSPS) is 20.6. The van der Waals surface area contributed by atoms with Crippen LogP contribution in [0.25, 0.3) is 28.2 Å². The highest BCUT2D eigenvalue weighted by molar-refractivity contribution is 7.89. The molecule has 0 amide bonds. The Balaban J connectivity index is 1.53. The molecule has 0 spiro atoms. The van der Waals surface area contributed by atoms with E-state index in [1.165, 1.54) is 36.8 Å². The first-order valence-electron chi connectivity index (χ1n) is 11.3. The number of halogens is 2. The maximum atomic E-state index is 14.7. The number of hydrogen-bond acceptors (Lipinski definition) is 7. The number of nitrogen functional groups attached to an aromatic ring is 1. The van der Waals surface area contributed by atoms with Crippen molar-refractivity contribution in [2.24, 2.45) is 0 Å². The number of fused-ring (bicyclic) bond motifs is 1. The maximum absolute atomic E-state index is 14.7. The van der Waals surface area contributed by atoms with Crippen molar-refractivity contribution in [2.45, 2.75) is 49.1 Å². The van der Waals surface area contributed by atoms with Crippen LogP contribution in [0.3, 0.4) is 0 Å². The summed E-state index contributed by atoms with van der Waals surface area (Å²) in [7, 11) is -4.19. The van der Waals surface area contributed by atoms with Crippen molar-refractivity contribution in [3.05, 3.63) is 60.7 Å². The monoisotopic (exact) mass is 514 g/mol. The Bertz CT molecular complexity index is 1560. The van der Waals surface area contributed by atoms with Gasteiger partial charge in [0.05, 0.1) is 29.4 Å². The molecule has 1 fully saturated rings. The highest BCUT2D eigenvalue weighted by Gasteiger charge is 2.32. The molecule has 5 rings (SSSR count). The third-order valence-electron chi connectivity index (χ3n) is 6.47. The Morgan fingerprint density at radius 3 is 2.64 bits per heavy atom. The molecule has 3 heterocycles. The summed E-state index contributed by atoms with van der Waals surface area (Å²) in [5, 5.41) is 10.1. The minimum atomic E-state index is -4.19. The molecule has 1 aliphatic rings. The fourth-order valence-corrected chi connectivity index (χ4v) is 5.86. The fraction of sp³-hybridized carbons (Fsp3) is 0.292. The molecule has 4 N–H and O–H groups in total. The third kappa shape index (κ3) is 4.54. The van der Waals surface area contributed by atoms with Crippen molar-refractivity contribution in [3.8, 4) is 22.5 Å². The summed E-state index contributed by atoms with van der Waals surface area (Å²) in [5.74, 6) is -1.45. The second-order valence-corrected chi connectivity index (χ2v) is 10.9. The van der Waals surface area contributed by atoms with Crippen molar-refractivity contribution in [3.63, 3.8) is 0 Å². The zero-order valence-corrected chi connectivity index (χ0v) is 20.1.